The molecule has 1 aliphatic heterocycles. The minimum absolute atomic E-state index is 0.508. The number of hydrogen-bond acceptors (Lipinski definition) is 1. The molecule has 62 valence electrons. The summed E-state index contributed by atoms with van der Waals surface area (Å²) in [6.07, 6.45) is 0. The lowest BCUT2D eigenvalue weighted by Crippen LogP contribution is -2.00. The van der Waals surface area contributed by atoms with Crippen LogP contribution in [0.4, 0.5) is 0 Å². The molecule has 12 heavy (non-hydrogen) atoms. The second-order valence-electron chi connectivity index (χ2n) is 3.08. The average Bonchev–Trinajstić information content (AvgIpc) is 2.83. The van der Waals surface area contributed by atoms with Crippen LogP contribution in [0.3, 0.4) is 0 Å². The van der Waals surface area contributed by atoms with Crippen molar-refractivity contribution in [1.82, 2.24) is 4.67 Å². The van der Waals surface area contributed by atoms with Crippen LogP contribution in [-0.4, -0.2) is 17.3 Å². The van der Waals surface area contributed by atoms with E-state index in [9.17, 15) is 4.57 Å². The highest BCUT2D eigenvalue weighted by Gasteiger charge is 2.46. The van der Waals surface area contributed by atoms with Crippen molar-refractivity contribution >= 4 is 13.3 Å². The van der Waals surface area contributed by atoms with Crippen molar-refractivity contribution < 1.29 is 4.57 Å². The Kier molecular flexibility index (Phi) is 1.95. The first-order chi connectivity index (χ1) is 5.79. The number of nitrogens with zero attached hydrogens (tertiary/aromatic N) is 1. The highest BCUT2D eigenvalue weighted by molar-refractivity contribution is 7.51. The van der Waals surface area contributed by atoms with Gasteiger partial charge in [0, 0.05) is 0 Å². The van der Waals surface area contributed by atoms with Gasteiger partial charge >= 0.3 is 7.95 Å². The maximum Gasteiger partial charge on any atom is 0.474 e. The molecule has 0 saturated carbocycles. The van der Waals surface area contributed by atoms with Gasteiger partial charge in [-0.15, -0.1) is 0 Å². The van der Waals surface area contributed by atoms with E-state index >= 15 is 0 Å². The zero-order valence-corrected chi connectivity index (χ0v) is 7.87. The maximum atomic E-state index is 11.7. The van der Waals surface area contributed by atoms with E-state index in [1.807, 2.05) is 35.0 Å². The smallest absolute Gasteiger partial charge is 0.0859 e. The molecule has 1 aromatic carbocycles. The predicted octanol–water partition coefficient (Wildman–Crippen LogP) is 1.76. The minimum atomic E-state index is -1.28. The van der Waals surface area contributed by atoms with Crippen LogP contribution in [0, 0.1) is 0 Å². The van der Waals surface area contributed by atoms with Gasteiger partial charge in [-0.2, -0.15) is 0 Å². The first-order valence-electron chi connectivity index (χ1n) is 4.08. The fourth-order valence-corrected chi connectivity index (χ4v) is 2.65. The number of rotatable bonds is 2. The second kappa shape index (κ2) is 2.96. The van der Waals surface area contributed by atoms with Gasteiger partial charge < -0.3 is 0 Å². The number of benzene rings is 1. The summed E-state index contributed by atoms with van der Waals surface area (Å²) in [5, 5.41) is 0.942. The van der Waals surface area contributed by atoms with Crippen LogP contribution >= 0.6 is 7.95 Å². The Morgan fingerprint density at radius 3 is 2.50 bits per heavy atom. The van der Waals surface area contributed by atoms with Gasteiger partial charge in [0.1, 0.15) is 0 Å². The molecule has 3 heteroatoms. The molecule has 1 aromatic rings. The van der Waals surface area contributed by atoms with E-state index in [-0.39, 0.29) is 0 Å². The van der Waals surface area contributed by atoms with Gasteiger partial charge in [-0.05, 0) is 23.6 Å². The van der Waals surface area contributed by atoms with Crippen molar-refractivity contribution in [3.05, 3.63) is 30.3 Å². The Morgan fingerprint density at radius 2 is 2.00 bits per heavy atom. The van der Waals surface area contributed by atoms with Crippen molar-refractivity contribution in [2.75, 3.05) is 6.54 Å². The van der Waals surface area contributed by atoms with E-state index in [1.165, 1.54) is 0 Å². The van der Waals surface area contributed by atoms with Crippen molar-refractivity contribution in [1.29, 1.82) is 0 Å². The fourth-order valence-electron chi connectivity index (χ4n) is 1.18. The summed E-state index contributed by atoms with van der Waals surface area (Å²) in [6, 6.07) is 10.1. The van der Waals surface area contributed by atoms with E-state index < -0.39 is 7.95 Å². The molecular formula is C9H11NOP+. The molecule has 0 amide bonds. The summed E-state index contributed by atoms with van der Waals surface area (Å²) >= 11 is 0. The zero-order chi connectivity index (χ0) is 8.55. The highest BCUT2D eigenvalue weighted by atomic mass is 31.1. The lowest BCUT2D eigenvalue weighted by Gasteiger charge is -1.85. The Morgan fingerprint density at radius 1 is 1.42 bits per heavy atom. The van der Waals surface area contributed by atoms with E-state index in [2.05, 4.69) is 6.92 Å². The Balaban J connectivity index is 2.16. The van der Waals surface area contributed by atoms with Crippen LogP contribution in [0.2, 0.25) is 0 Å². The van der Waals surface area contributed by atoms with Crippen LogP contribution in [0.5, 0.6) is 0 Å². The van der Waals surface area contributed by atoms with Gasteiger partial charge in [-0.3, -0.25) is 0 Å². The van der Waals surface area contributed by atoms with Gasteiger partial charge in [0.05, 0.1) is 12.6 Å². The molecule has 3 atom stereocenters. The summed E-state index contributed by atoms with van der Waals surface area (Å²) in [5.74, 6) is 0. The van der Waals surface area contributed by atoms with E-state index in [0.29, 0.717) is 6.04 Å². The van der Waals surface area contributed by atoms with Gasteiger partial charge in [0.25, 0.3) is 0 Å². The Hall–Kier alpha value is -0.720. The third kappa shape index (κ3) is 1.40. The monoisotopic (exact) mass is 180 g/mol. The van der Waals surface area contributed by atoms with Gasteiger partial charge in [-0.1, -0.05) is 22.9 Å². The van der Waals surface area contributed by atoms with Gasteiger partial charge in [0.15, 0.2) is 0 Å². The number of hydrogen-bond donors (Lipinski definition) is 0. The summed E-state index contributed by atoms with van der Waals surface area (Å²) < 4.78 is 13.7. The van der Waals surface area contributed by atoms with E-state index in [0.717, 1.165) is 11.8 Å². The molecule has 2 nitrogen and oxygen atoms in total. The Bertz CT molecular complexity index is 299. The first-order valence-corrected chi connectivity index (χ1v) is 5.29. The van der Waals surface area contributed by atoms with Crippen molar-refractivity contribution in [3.63, 3.8) is 0 Å². The standard InChI is InChI=1S/C9H11NOP/c1-8-7-10(8)12(11)9-5-3-2-4-6-9/h2-6,8H,7H2,1H3/q+1. The maximum absolute atomic E-state index is 11.7. The van der Waals surface area contributed by atoms with Gasteiger partial charge in [0.2, 0.25) is 5.30 Å². The molecule has 0 radical (unpaired) electrons. The summed E-state index contributed by atoms with van der Waals surface area (Å²) in [6.45, 7) is 3.07. The van der Waals surface area contributed by atoms with Crippen molar-refractivity contribution in [2.24, 2.45) is 0 Å². The van der Waals surface area contributed by atoms with Crippen LogP contribution < -0.4 is 5.30 Å². The molecule has 1 heterocycles. The summed E-state index contributed by atoms with van der Waals surface area (Å²) in [5.41, 5.74) is 0. The Labute approximate surface area is 73.0 Å². The molecule has 0 aromatic heterocycles. The molecule has 3 unspecified atom stereocenters. The largest absolute Gasteiger partial charge is 0.474 e. The third-order valence-electron chi connectivity index (χ3n) is 2.04. The molecule has 1 saturated heterocycles. The fraction of sp³-hybridized carbons (Fsp3) is 0.333. The van der Waals surface area contributed by atoms with E-state index in [4.69, 9.17) is 0 Å². The van der Waals surface area contributed by atoms with Crippen LogP contribution in [0.1, 0.15) is 6.92 Å². The molecule has 0 spiro atoms. The topological polar surface area (TPSA) is 20.1 Å². The third-order valence-corrected chi connectivity index (χ3v) is 3.80. The van der Waals surface area contributed by atoms with Crippen LogP contribution in [-0.2, 0) is 4.57 Å². The van der Waals surface area contributed by atoms with E-state index in [1.54, 1.807) is 0 Å². The molecule has 2 rings (SSSR count). The molecular weight excluding hydrogens is 169 g/mol. The average molecular weight is 180 g/mol. The lowest BCUT2D eigenvalue weighted by atomic mass is 10.4. The molecule has 0 aliphatic carbocycles. The van der Waals surface area contributed by atoms with Gasteiger partial charge in [-0.25, -0.2) is 0 Å². The molecule has 1 fully saturated rings. The second-order valence-corrected chi connectivity index (χ2v) is 4.66. The van der Waals surface area contributed by atoms with Crippen LogP contribution in [0.25, 0.3) is 0 Å². The zero-order valence-electron chi connectivity index (χ0n) is 6.97. The summed E-state index contributed by atoms with van der Waals surface area (Å²) in [4.78, 5) is 0. The predicted molar refractivity (Wildman–Crippen MR) is 49.9 cm³/mol. The van der Waals surface area contributed by atoms with Crippen LogP contribution in [0.15, 0.2) is 30.3 Å². The van der Waals surface area contributed by atoms with Crippen molar-refractivity contribution in [3.8, 4) is 0 Å². The minimum Gasteiger partial charge on any atom is -0.0859 e. The quantitative estimate of drug-likeness (QED) is 0.510. The summed E-state index contributed by atoms with van der Waals surface area (Å²) in [7, 11) is -1.28. The molecule has 1 aliphatic rings. The lowest BCUT2D eigenvalue weighted by molar-refractivity contribution is 0.569. The van der Waals surface area contributed by atoms with Crippen molar-refractivity contribution in [2.45, 2.75) is 13.0 Å². The first kappa shape index (κ1) is 7.90. The normalized spacial score (nSPS) is 28.2. The highest BCUT2D eigenvalue weighted by Crippen LogP contribution is 2.37. The molecule has 0 bridgehead atoms. The molecule has 0 N–H and O–H groups in total. The SMILES string of the molecule is CC1CN1[P+](=O)c1ccccc1.